The second kappa shape index (κ2) is 6.51. The SMILES string of the molecule is COCC(C)(C)NS(=O)(=O)N(C)CCCN. The van der Waals surface area contributed by atoms with Crippen LogP contribution in [0.3, 0.4) is 0 Å². The number of nitrogens with one attached hydrogen (secondary N) is 1. The van der Waals surface area contributed by atoms with E-state index in [1.165, 1.54) is 18.5 Å². The van der Waals surface area contributed by atoms with Gasteiger partial charge < -0.3 is 10.5 Å². The van der Waals surface area contributed by atoms with E-state index < -0.39 is 15.7 Å². The predicted octanol–water partition coefficient (Wildman–Crippen LogP) is -0.474. The zero-order chi connectivity index (χ0) is 12.8. The summed E-state index contributed by atoms with van der Waals surface area (Å²) < 4.78 is 32.5. The van der Waals surface area contributed by atoms with Gasteiger partial charge in [-0.2, -0.15) is 17.4 Å². The van der Waals surface area contributed by atoms with Crippen molar-refractivity contribution in [1.82, 2.24) is 9.03 Å². The van der Waals surface area contributed by atoms with Crippen molar-refractivity contribution in [3.63, 3.8) is 0 Å². The molecule has 0 unspecified atom stereocenters. The molecule has 0 fully saturated rings. The molecule has 6 nitrogen and oxygen atoms in total. The molecule has 0 aliphatic rings. The summed E-state index contributed by atoms with van der Waals surface area (Å²) >= 11 is 0. The van der Waals surface area contributed by atoms with Crippen molar-refractivity contribution in [2.75, 3.05) is 33.9 Å². The molecule has 16 heavy (non-hydrogen) atoms. The van der Waals surface area contributed by atoms with E-state index >= 15 is 0 Å². The number of methoxy groups -OCH3 is 1. The Balaban J connectivity index is 4.44. The summed E-state index contributed by atoms with van der Waals surface area (Å²) in [5.41, 5.74) is 4.71. The zero-order valence-electron chi connectivity index (χ0n) is 10.5. The Bertz CT molecular complexity index is 290. The summed E-state index contributed by atoms with van der Waals surface area (Å²) in [4.78, 5) is 0. The monoisotopic (exact) mass is 253 g/mol. The average Bonchev–Trinajstić information content (AvgIpc) is 2.11. The highest BCUT2D eigenvalue weighted by Gasteiger charge is 2.27. The first-order valence-electron chi connectivity index (χ1n) is 5.19. The van der Waals surface area contributed by atoms with Gasteiger partial charge in [-0.25, -0.2) is 0 Å². The molecule has 0 aliphatic carbocycles. The van der Waals surface area contributed by atoms with Gasteiger partial charge in [-0.1, -0.05) is 0 Å². The van der Waals surface area contributed by atoms with Gasteiger partial charge in [-0.05, 0) is 26.8 Å². The van der Waals surface area contributed by atoms with E-state index in [1.807, 2.05) is 0 Å². The number of hydrogen-bond donors (Lipinski definition) is 2. The van der Waals surface area contributed by atoms with Crippen molar-refractivity contribution in [2.45, 2.75) is 25.8 Å². The summed E-state index contributed by atoms with van der Waals surface area (Å²) in [7, 11) is -0.400. The lowest BCUT2D eigenvalue weighted by atomic mass is 10.1. The highest BCUT2D eigenvalue weighted by atomic mass is 32.2. The molecule has 0 spiro atoms. The molecule has 0 aromatic rings. The molecule has 0 amide bonds. The normalized spacial score (nSPS) is 13.4. The molecule has 98 valence electrons. The standard InChI is InChI=1S/C9H23N3O3S/c1-9(2,8-15-4)11-16(13,14)12(3)7-5-6-10/h11H,5-8,10H2,1-4H3. The van der Waals surface area contributed by atoms with Gasteiger partial charge in [-0.3, -0.25) is 0 Å². The van der Waals surface area contributed by atoms with Crippen LogP contribution in [0.1, 0.15) is 20.3 Å². The number of nitrogens with two attached hydrogens (primary N) is 1. The first-order valence-corrected chi connectivity index (χ1v) is 6.63. The van der Waals surface area contributed by atoms with E-state index in [4.69, 9.17) is 10.5 Å². The molecular weight excluding hydrogens is 230 g/mol. The fourth-order valence-corrected chi connectivity index (χ4v) is 2.53. The second-order valence-electron chi connectivity index (χ2n) is 4.39. The zero-order valence-corrected chi connectivity index (χ0v) is 11.3. The molecule has 0 saturated carbocycles. The van der Waals surface area contributed by atoms with E-state index in [-0.39, 0.29) is 0 Å². The second-order valence-corrected chi connectivity index (χ2v) is 6.17. The Morgan fingerprint density at radius 1 is 1.44 bits per heavy atom. The van der Waals surface area contributed by atoms with Crippen LogP contribution in [-0.2, 0) is 14.9 Å². The fraction of sp³-hybridized carbons (Fsp3) is 1.00. The molecule has 0 aromatic carbocycles. The summed E-state index contributed by atoms with van der Waals surface area (Å²) in [6.45, 7) is 4.74. The van der Waals surface area contributed by atoms with Gasteiger partial charge in [0, 0.05) is 20.7 Å². The van der Waals surface area contributed by atoms with E-state index in [1.54, 1.807) is 13.8 Å². The third-order valence-corrected chi connectivity index (χ3v) is 3.81. The lowest BCUT2D eigenvalue weighted by molar-refractivity contribution is 0.140. The minimum atomic E-state index is -3.46. The molecule has 0 atom stereocenters. The molecule has 3 N–H and O–H groups in total. The van der Waals surface area contributed by atoms with Gasteiger partial charge >= 0.3 is 0 Å². The maximum atomic E-state index is 11.8. The molecule has 0 radical (unpaired) electrons. The number of nitrogens with zero attached hydrogens (tertiary/aromatic N) is 1. The van der Waals surface area contributed by atoms with Crippen molar-refractivity contribution in [1.29, 1.82) is 0 Å². The predicted molar refractivity (Wildman–Crippen MR) is 64.3 cm³/mol. The van der Waals surface area contributed by atoms with Gasteiger partial charge in [0.25, 0.3) is 10.2 Å². The summed E-state index contributed by atoms with van der Waals surface area (Å²) in [6, 6.07) is 0. The molecule has 0 aromatic heterocycles. The third-order valence-electron chi connectivity index (χ3n) is 2.00. The molecule has 0 aliphatic heterocycles. The quantitative estimate of drug-likeness (QED) is 0.612. The first-order chi connectivity index (χ1) is 7.25. The first kappa shape index (κ1) is 15.8. The Hall–Kier alpha value is -0.210. The van der Waals surface area contributed by atoms with Crippen LogP contribution in [0.5, 0.6) is 0 Å². The molecule has 0 heterocycles. The van der Waals surface area contributed by atoms with Crippen molar-refractivity contribution >= 4 is 10.2 Å². The van der Waals surface area contributed by atoms with Gasteiger partial charge in [0.05, 0.1) is 12.1 Å². The van der Waals surface area contributed by atoms with Gasteiger partial charge in [-0.15, -0.1) is 0 Å². The minimum Gasteiger partial charge on any atom is -0.383 e. The van der Waals surface area contributed by atoms with Crippen molar-refractivity contribution < 1.29 is 13.2 Å². The van der Waals surface area contributed by atoms with Crippen molar-refractivity contribution in [2.24, 2.45) is 5.73 Å². The van der Waals surface area contributed by atoms with Crippen LogP contribution in [0.15, 0.2) is 0 Å². The maximum absolute atomic E-state index is 11.8. The molecular formula is C9H23N3O3S. The fourth-order valence-electron chi connectivity index (χ4n) is 1.25. The lowest BCUT2D eigenvalue weighted by Gasteiger charge is -2.28. The van der Waals surface area contributed by atoms with Crippen LogP contribution in [0.25, 0.3) is 0 Å². The summed E-state index contributed by atoms with van der Waals surface area (Å²) in [5, 5.41) is 0. The molecule has 7 heteroatoms. The Kier molecular flexibility index (Phi) is 6.42. The van der Waals surface area contributed by atoms with Crippen LogP contribution < -0.4 is 10.5 Å². The highest BCUT2D eigenvalue weighted by Crippen LogP contribution is 2.07. The van der Waals surface area contributed by atoms with Crippen molar-refractivity contribution in [3.05, 3.63) is 0 Å². The largest absolute Gasteiger partial charge is 0.383 e. The van der Waals surface area contributed by atoms with E-state index in [9.17, 15) is 8.42 Å². The van der Waals surface area contributed by atoms with Crippen LogP contribution >= 0.6 is 0 Å². The van der Waals surface area contributed by atoms with Gasteiger partial charge in [0.1, 0.15) is 0 Å². The number of hydrogen-bond acceptors (Lipinski definition) is 4. The topological polar surface area (TPSA) is 84.7 Å². The van der Waals surface area contributed by atoms with Crippen LogP contribution in [-0.4, -0.2) is 52.1 Å². The van der Waals surface area contributed by atoms with E-state index in [2.05, 4.69) is 4.72 Å². The molecule has 0 rings (SSSR count). The smallest absolute Gasteiger partial charge is 0.279 e. The number of rotatable bonds is 8. The van der Waals surface area contributed by atoms with Crippen molar-refractivity contribution in [3.8, 4) is 0 Å². The maximum Gasteiger partial charge on any atom is 0.279 e. The Morgan fingerprint density at radius 3 is 2.44 bits per heavy atom. The third kappa shape index (κ3) is 5.76. The van der Waals surface area contributed by atoms with Gasteiger partial charge in [0.2, 0.25) is 0 Å². The molecule has 0 bridgehead atoms. The van der Waals surface area contributed by atoms with Crippen LogP contribution in [0.4, 0.5) is 0 Å². The summed E-state index contributed by atoms with van der Waals surface area (Å²) in [6.07, 6.45) is 0.641. The average molecular weight is 253 g/mol. The lowest BCUT2D eigenvalue weighted by Crippen LogP contribution is -2.51. The van der Waals surface area contributed by atoms with E-state index in [0.29, 0.717) is 26.1 Å². The van der Waals surface area contributed by atoms with Gasteiger partial charge in [0.15, 0.2) is 0 Å². The molecule has 0 saturated heterocycles. The Labute approximate surface area is 98.3 Å². The summed E-state index contributed by atoms with van der Waals surface area (Å²) in [5.74, 6) is 0. The minimum absolute atomic E-state index is 0.316. The van der Waals surface area contributed by atoms with Crippen LogP contribution in [0, 0.1) is 0 Å². The number of ether oxygens (including phenoxy) is 1. The van der Waals surface area contributed by atoms with Crippen LogP contribution in [0.2, 0.25) is 0 Å². The Morgan fingerprint density at radius 2 is 2.00 bits per heavy atom. The van der Waals surface area contributed by atoms with E-state index in [0.717, 1.165) is 0 Å². The highest BCUT2D eigenvalue weighted by molar-refractivity contribution is 7.87.